The average Bonchev–Trinajstić information content (AvgIpc) is 2.41. The van der Waals surface area contributed by atoms with E-state index in [1.807, 2.05) is 6.92 Å². The van der Waals surface area contributed by atoms with Gasteiger partial charge in [-0.25, -0.2) is 14.2 Å². The number of hydrogen-bond donors (Lipinski definition) is 0. The van der Waals surface area contributed by atoms with Gasteiger partial charge in [0.15, 0.2) is 5.82 Å². The summed E-state index contributed by atoms with van der Waals surface area (Å²) in [5.41, 5.74) is 0.751. The second-order valence-electron chi connectivity index (χ2n) is 4.45. The molecule has 0 unspecified atom stereocenters. The van der Waals surface area contributed by atoms with Gasteiger partial charge in [0.2, 0.25) is 0 Å². The molecule has 4 nitrogen and oxygen atoms in total. The monoisotopic (exact) mass is 349 g/mol. The molecule has 2 aromatic heterocycles. The zero-order valence-corrected chi connectivity index (χ0v) is 12.5. The van der Waals surface area contributed by atoms with Gasteiger partial charge in [-0.3, -0.25) is 0 Å². The zero-order valence-electron chi connectivity index (χ0n) is 10.9. The van der Waals surface area contributed by atoms with Crippen LogP contribution in [0.15, 0.2) is 50.2 Å². The molecule has 21 heavy (non-hydrogen) atoms. The van der Waals surface area contributed by atoms with E-state index in [-0.39, 0.29) is 5.88 Å². The van der Waals surface area contributed by atoms with Gasteiger partial charge in [0, 0.05) is 28.2 Å². The van der Waals surface area contributed by atoms with Gasteiger partial charge < -0.3 is 9.15 Å². The molecule has 0 N–H and O–H groups in total. The Morgan fingerprint density at radius 3 is 2.86 bits per heavy atom. The van der Waals surface area contributed by atoms with Gasteiger partial charge in [-0.15, -0.1) is 0 Å². The van der Waals surface area contributed by atoms with Gasteiger partial charge in [0.05, 0.1) is 0 Å². The number of hydrogen-bond acceptors (Lipinski definition) is 4. The molecule has 0 aliphatic carbocycles. The van der Waals surface area contributed by atoms with Gasteiger partial charge in [0.1, 0.15) is 11.3 Å². The first kappa shape index (κ1) is 13.8. The van der Waals surface area contributed by atoms with E-state index >= 15 is 0 Å². The van der Waals surface area contributed by atoms with E-state index in [2.05, 4.69) is 20.9 Å². The van der Waals surface area contributed by atoms with Crippen molar-refractivity contribution in [2.45, 2.75) is 6.92 Å². The molecule has 0 saturated carbocycles. The maximum absolute atomic E-state index is 13.7. The lowest BCUT2D eigenvalue weighted by molar-refractivity contribution is 0.421. The van der Waals surface area contributed by atoms with E-state index in [4.69, 9.17) is 9.15 Å². The molecule has 6 heteroatoms. The van der Waals surface area contributed by atoms with Crippen LogP contribution in [0.3, 0.4) is 0 Å². The van der Waals surface area contributed by atoms with Crippen molar-refractivity contribution in [1.29, 1.82) is 0 Å². The van der Waals surface area contributed by atoms with Crippen LogP contribution in [0, 0.1) is 12.7 Å². The summed E-state index contributed by atoms with van der Waals surface area (Å²) in [6.45, 7) is 1.82. The number of halogens is 2. The summed E-state index contributed by atoms with van der Waals surface area (Å²) < 4.78 is 24.7. The third-order valence-electron chi connectivity index (χ3n) is 2.91. The highest BCUT2D eigenvalue weighted by molar-refractivity contribution is 9.10. The number of rotatable bonds is 2. The number of fused-ring (bicyclic) bond motifs is 1. The molecule has 0 atom stereocenters. The number of pyridine rings is 1. The Bertz CT molecular complexity index is 892. The van der Waals surface area contributed by atoms with Crippen LogP contribution in [0.1, 0.15) is 5.56 Å². The van der Waals surface area contributed by atoms with Crippen molar-refractivity contribution in [3.63, 3.8) is 0 Å². The van der Waals surface area contributed by atoms with E-state index in [9.17, 15) is 9.18 Å². The molecule has 106 valence electrons. The maximum atomic E-state index is 13.7. The summed E-state index contributed by atoms with van der Waals surface area (Å²) in [7, 11) is 0. The van der Waals surface area contributed by atoms with Crippen molar-refractivity contribution in [2.24, 2.45) is 0 Å². The van der Waals surface area contributed by atoms with Crippen LogP contribution in [0.4, 0.5) is 4.39 Å². The minimum atomic E-state index is -0.588. The van der Waals surface area contributed by atoms with E-state index in [1.54, 1.807) is 12.1 Å². The standard InChI is InChI=1S/C15H9BrFNO3/c1-8-4-14(19)21-13-6-10(2-3-11(8)13)20-15-12(17)5-9(16)7-18-15/h2-7H,1H3. The van der Waals surface area contributed by atoms with Crippen molar-refractivity contribution in [3.8, 4) is 11.6 Å². The Hall–Kier alpha value is -2.21. The third kappa shape index (κ3) is 2.80. The van der Waals surface area contributed by atoms with Crippen molar-refractivity contribution < 1.29 is 13.5 Å². The summed E-state index contributed by atoms with van der Waals surface area (Å²) in [5, 5.41) is 0.797. The molecule has 0 aliphatic rings. The van der Waals surface area contributed by atoms with Crippen molar-refractivity contribution in [3.05, 3.63) is 62.8 Å². The summed E-state index contributed by atoms with van der Waals surface area (Å²) in [6.07, 6.45) is 1.43. The molecule has 0 bridgehead atoms. The molecule has 0 fully saturated rings. The Morgan fingerprint density at radius 1 is 1.29 bits per heavy atom. The van der Waals surface area contributed by atoms with Crippen LogP contribution < -0.4 is 10.4 Å². The topological polar surface area (TPSA) is 52.3 Å². The molecule has 0 spiro atoms. The number of nitrogens with zero attached hydrogens (tertiary/aromatic N) is 1. The second-order valence-corrected chi connectivity index (χ2v) is 5.36. The lowest BCUT2D eigenvalue weighted by Crippen LogP contribution is -1.98. The molecular formula is C15H9BrFNO3. The van der Waals surface area contributed by atoms with Crippen LogP contribution in [0.25, 0.3) is 11.0 Å². The fourth-order valence-corrected chi connectivity index (χ4v) is 2.26. The van der Waals surface area contributed by atoms with Gasteiger partial charge in [0.25, 0.3) is 5.88 Å². The highest BCUT2D eigenvalue weighted by Crippen LogP contribution is 2.27. The third-order valence-corrected chi connectivity index (χ3v) is 3.35. The number of aryl methyl sites for hydroxylation is 1. The molecule has 0 amide bonds. The predicted octanol–water partition coefficient (Wildman–Crippen LogP) is 4.19. The van der Waals surface area contributed by atoms with Crippen LogP contribution in [-0.4, -0.2) is 4.98 Å². The number of benzene rings is 1. The molecule has 1 aromatic carbocycles. The first-order valence-corrected chi connectivity index (χ1v) is 6.85. The van der Waals surface area contributed by atoms with E-state index in [0.29, 0.717) is 15.8 Å². The van der Waals surface area contributed by atoms with E-state index in [0.717, 1.165) is 10.9 Å². The number of ether oxygens (including phenoxy) is 1. The van der Waals surface area contributed by atoms with Crippen LogP contribution >= 0.6 is 15.9 Å². The SMILES string of the molecule is Cc1cc(=O)oc2cc(Oc3ncc(Br)cc3F)ccc12. The lowest BCUT2D eigenvalue weighted by atomic mass is 10.1. The van der Waals surface area contributed by atoms with E-state index < -0.39 is 11.4 Å². The van der Waals surface area contributed by atoms with Crippen LogP contribution in [0.5, 0.6) is 11.6 Å². The molecule has 3 rings (SSSR count). The quantitative estimate of drug-likeness (QED) is 0.651. The van der Waals surface area contributed by atoms with E-state index in [1.165, 1.54) is 24.4 Å². The van der Waals surface area contributed by atoms with Crippen molar-refractivity contribution >= 4 is 26.9 Å². The molecule has 0 aliphatic heterocycles. The number of aromatic nitrogens is 1. The average molecular weight is 350 g/mol. The Kier molecular flexibility index (Phi) is 3.47. The zero-order chi connectivity index (χ0) is 15.0. The fourth-order valence-electron chi connectivity index (χ4n) is 1.96. The maximum Gasteiger partial charge on any atom is 0.336 e. The smallest absolute Gasteiger partial charge is 0.336 e. The lowest BCUT2D eigenvalue weighted by Gasteiger charge is -2.07. The molecule has 0 radical (unpaired) electrons. The Morgan fingerprint density at radius 2 is 2.10 bits per heavy atom. The summed E-state index contributed by atoms with van der Waals surface area (Å²) in [6, 6.07) is 7.62. The summed E-state index contributed by atoms with van der Waals surface area (Å²) in [4.78, 5) is 15.2. The first-order valence-electron chi connectivity index (χ1n) is 6.06. The highest BCUT2D eigenvalue weighted by Gasteiger charge is 2.09. The fraction of sp³-hybridized carbons (Fsp3) is 0.0667. The molecule has 3 aromatic rings. The van der Waals surface area contributed by atoms with Crippen LogP contribution in [-0.2, 0) is 0 Å². The molecule has 2 heterocycles. The van der Waals surface area contributed by atoms with Gasteiger partial charge in [-0.1, -0.05) is 0 Å². The van der Waals surface area contributed by atoms with Gasteiger partial charge in [-0.2, -0.15) is 0 Å². The van der Waals surface area contributed by atoms with Crippen LogP contribution in [0.2, 0.25) is 0 Å². The molecular weight excluding hydrogens is 341 g/mol. The largest absolute Gasteiger partial charge is 0.436 e. The molecule has 0 saturated heterocycles. The Balaban J connectivity index is 2.03. The predicted molar refractivity (Wildman–Crippen MR) is 79.2 cm³/mol. The first-order chi connectivity index (χ1) is 10.0. The normalized spacial score (nSPS) is 10.8. The minimum absolute atomic E-state index is 0.146. The Labute approximate surface area is 127 Å². The van der Waals surface area contributed by atoms with Gasteiger partial charge in [-0.05, 0) is 46.6 Å². The highest BCUT2D eigenvalue weighted by atomic mass is 79.9. The van der Waals surface area contributed by atoms with Gasteiger partial charge >= 0.3 is 5.63 Å². The minimum Gasteiger partial charge on any atom is -0.436 e. The van der Waals surface area contributed by atoms with Crippen molar-refractivity contribution in [2.75, 3.05) is 0 Å². The summed E-state index contributed by atoms with van der Waals surface area (Å²) >= 11 is 3.12. The van der Waals surface area contributed by atoms with Crippen molar-refractivity contribution in [1.82, 2.24) is 4.98 Å². The second kappa shape index (κ2) is 5.29. The summed E-state index contributed by atoms with van der Waals surface area (Å²) in [5.74, 6) is -0.396.